The number of fused-ring (bicyclic) bond motifs is 2. The number of hydrogen-bond acceptors (Lipinski definition) is 4. The van der Waals surface area contributed by atoms with Gasteiger partial charge in [-0.05, 0) is 72.9 Å². The molecular formula is C27H32FN3O2. The van der Waals surface area contributed by atoms with Gasteiger partial charge in [0.05, 0.1) is 11.9 Å². The van der Waals surface area contributed by atoms with Crippen molar-refractivity contribution in [3.8, 4) is 0 Å². The molecule has 0 fully saturated rings. The second-order valence-electron chi connectivity index (χ2n) is 9.02. The number of rotatable bonds is 11. The number of pyridine rings is 2. The summed E-state index contributed by atoms with van der Waals surface area (Å²) >= 11 is 0. The van der Waals surface area contributed by atoms with E-state index in [2.05, 4.69) is 22.4 Å². The Hall–Kier alpha value is -3.02. The second kappa shape index (κ2) is 11.2. The van der Waals surface area contributed by atoms with Crippen molar-refractivity contribution in [2.45, 2.75) is 70.4 Å². The molecular weight excluding hydrogens is 417 g/mol. The van der Waals surface area contributed by atoms with Crippen LogP contribution in [0.25, 0.3) is 10.9 Å². The van der Waals surface area contributed by atoms with Gasteiger partial charge in [0, 0.05) is 23.8 Å². The Labute approximate surface area is 194 Å². The van der Waals surface area contributed by atoms with Crippen LogP contribution in [0.5, 0.6) is 0 Å². The Kier molecular flexibility index (Phi) is 7.87. The van der Waals surface area contributed by atoms with E-state index in [-0.39, 0.29) is 12.3 Å². The molecule has 0 saturated heterocycles. The minimum Gasteiger partial charge on any atom is -0.481 e. The summed E-state index contributed by atoms with van der Waals surface area (Å²) < 4.78 is 12.9. The van der Waals surface area contributed by atoms with E-state index in [4.69, 9.17) is 4.98 Å². The molecule has 0 spiro atoms. The van der Waals surface area contributed by atoms with E-state index in [1.807, 2.05) is 12.1 Å². The molecule has 1 aromatic carbocycles. The first-order chi connectivity index (χ1) is 16.1. The lowest BCUT2D eigenvalue weighted by Gasteiger charge is -2.17. The van der Waals surface area contributed by atoms with E-state index in [1.165, 1.54) is 12.0 Å². The van der Waals surface area contributed by atoms with Crippen LogP contribution in [0, 0.1) is 0 Å². The van der Waals surface area contributed by atoms with Crippen molar-refractivity contribution in [1.82, 2.24) is 9.97 Å². The predicted molar refractivity (Wildman–Crippen MR) is 129 cm³/mol. The second-order valence-corrected chi connectivity index (χ2v) is 9.02. The normalized spacial score (nSPS) is 14.0. The first-order valence-electron chi connectivity index (χ1n) is 12.0. The zero-order valence-electron chi connectivity index (χ0n) is 19.0. The van der Waals surface area contributed by atoms with Gasteiger partial charge in [0.1, 0.15) is 12.5 Å². The van der Waals surface area contributed by atoms with Gasteiger partial charge in [-0.25, -0.2) is 9.37 Å². The number of carboxylic acid groups (broad SMARTS) is 1. The van der Waals surface area contributed by atoms with E-state index in [9.17, 15) is 14.3 Å². The summed E-state index contributed by atoms with van der Waals surface area (Å²) in [6.45, 7) is 0.493. The molecule has 1 atom stereocenters. The SMILES string of the molecule is O=C(O)CC(CCCCCCc1ccc2c(n1)NCCC2)c1cnc2cc(CF)ccc2c1. The minimum atomic E-state index is -0.792. The fourth-order valence-corrected chi connectivity index (χ4v) is 4.65. The fourth-order valence-electron chi connectivity index (χ4n) is 4.65. The van der Waals surface area contributed by atoms with Crippen molar-refractivity contribution in [2.75, 3.05) is 11.9 Å². The van der Waals surface area contributed by atoms with Crippen LogP contribution in [0.1, 0.15) is 73.2 Å². The number of halogens is 1. The number of aromatic nitrogens is 2. The molecule has 0 amide bonds. The van der Waals surface area contributed by atoms with Gasteiger partial charge in [0.25, 0.3) is 0 Å². The number of carbonyl (C=O) groups is 1. The van der Waals surface area contributed by atoms with Gasteiger partial charge >= 0.3 is 5.97 Å². The fraction of sp³-hybridized carbons (Fsp3) is 0.444. The van der Waals surface area contributed by atoms with Gasteiger partial charge in [-0.1, -0.05) is 37.5 Å². The van der Waals surface area contributed by atoms with Gasteiger partial charge < -0.3 is 10.4 Å². The van der Waals surface area contributed by atoms with Gasteiger partial charge in [-0.2, -0.15) is 0 Å². The van der Waals surface area contributed by atoms with E-state index in [0.717, 1.165) is 79.5 Å². The van der Waals surface area contributed by atoms with E-state index < -0.39 is 12.6 Å². The molecule has 3 aromatic rings. The molecule has 0 saturated carbocycles. The molecule has 0 bridgehead atoms. The average molecular weight is 450 g/mol. The minimum absolute atomic E-state index is 0.0614. The number of aliphatic carboxylic acids is 1. The van der Waals surface area contributed by atoms with Gasteiger partial charge in [0.15, 0.2) is 0 Å². The van der Waals surface area contributed by atoms with Crippen molar-refractivity contribution in [1.29, 1.82) is 0 Å². The molecule has 174 valence electrons. The van der Waals surface area contributed by atoms with Crippen LogP contribution in [-0.4, -0.2) is 27.6 Å². The third-order valence-corrected chi connectivity index (χ3v) is 6.50. The maximum atomic E-state index is 12.9. The number of alkyl halides is 1. The van der Waals surface area contributed by atoms with Crippen LogP contribution < -0.4 is 5.32 Å². The highest BCUT2D eigenvalue weighted by atomic mass is 19.1. The molecule has 0 radical (unpaired) electrons. The summed E-state index contributed by atoms with van der Waals surface area (Å²) in [5.41, 5.74) is 4.76. The molecule has 4 rings (SSSR count). The van der Waals surface area contributed by atoms with Crippen LogP contribution in [0.15, 0.2) is 42.6 Å². The van der Waals surface area contributed by atoms with Crippen LogP contribution in [0.3, 0.4) is 0 Å². The average Bonchev–Trinajstić information content (AvgIpc) is 2.84. The number of carboxylic acids is 1. The smallest absolute Gasteiger partial charge is 0.303 e. The lowest BCUT2D eigenvalue weighted by Crippen LogP contribution is -2.13. The van der Waals surface area contributed by atoms with Crippen LogP contribution in [0.4, 0.5) is 10.2 Å². The molecule has 1 aliphatic heterocycles. The maximum Gasteiger partial charge on any atom is 0.303 e. The largest absolute Gasteiger partial charge is 0.481 e. The Morgan fingerprint density at radius 1 is 1.12 bits per heavy atom. The molecule has 2 N–H and O–H groups in total. The van der Waals surface area contributed by atoms with Crippen molar-refractivity contribution < 1.29 is 14.3 Å². The molecule has 1 aliphatic rings. The zero-order chi connectivity index (χ0) is 23.0. The van der Waals surface area contributed by atoms with Crippen molar-refractivity contribution in [3.05, 3.63) is 65.0 Å². The highest BCUT2D eigenvalue weighted by Crippen LogP contribution is 2.29. The number of nitrogens with zero attached hydrogens (tertiary/aromatic N) is 2. The van der Waals surface area contributed by atoms with Crippen molar-refractivity contribution in [2.24, 2.45) is 0 Å². The quantitative estimate of drug-likeness (QED) is 0.341. The van der Waals surface area contributed by atoms with Gasteiger partial charge in [-0.3, -0.25) is 9.78 Å². The zero-order valence-corrected chi connectivity index (χ0v) is 19.0. The number of hydrogen-bond donors (Lipinski definition) is 2. The summed E-state index contributed by atoms with van der Waals surface area (Å²) in [6, 6.07) is 11.7. The maximum absolute atomic E-state index is 12.9. The number of nitrogens with one attached hydrogen (secondary N) is 1. The lowest BCUT2D eigenvalue weighted by atomic mass is 9.90. The summed E-state index contributed by atoms with van der Waals surface area (Å²) in [7, 11) is 0. The topological polar surface area (TPSA) is 75.1 Å². The molecule has 6 heteroatoms. The Morgan fingerprint density at radius 3 is 2.85 bits per heavy atom. The van der Waals surface area contributed by atoms with Crippen LogP contribution in [0.2, 0.25) is 0 Å². The Bertz CT molecular complexity index is 1100. The summed E-state index contributed by atoms with van der Waals surface area (Å²) in [4.78, 5) is 20.7. The molecule has 33 heavy (non-hydrogen) atoms. The number of unbranched alkanes of at least 4 members (excludes halogenated alkanes) is 3. The molecule has 0 aliphatic carbocycles. The van der Waals surface area contributed by atoms with Crippen molar-refractivity contribution in [3.63, 3.8) is 0 Å². The van der Waals surface area contributed by atoms with Crippen molar-refractivity contribution >= 4 is 22.7 Å². The molecule has 5 nitrogen and oxygen atoms in total. The third-order valence-electron chi connectivity index (χ3n) is 6.50. The monoisotopic (exact) mass is 449 g/mol. The van der Waals surface area contributed by atoms with Gasteiger partial charge in [-0.15, -0.1) is 0 Å². The number of benzene rings is 1. The highest BCUT2D eigenvalue weighted by Gasteiger charge is 2.17. The summed E-state index contributed by atoms with van der Waals surface area (Å²) in [6.07, 6.45) is 10.2. The van der Waals surface area contributed by atoms with E-state index in [0.29, 0.717) is 5.56 Å². The summed E-state index contributed by atoms with van der Waals surface area (Å²) in [5.74, 6) is 0.203. The standard InChI is InChI=1S/C27H32FN3O2/c28-17-19-9-10-22-15-23(18-30-25(22)14-19)21(16-26(32)33)6-3-1-2-4-8-24-12-11-20-7-5-13-29-27(20)31-24/h9-12,14-15,18,21H,1-8,13,16-17H2,(H,29,31)(H,32,33). The lowest BCUT2D eigenvalue weighted by molar-refractivity contribution is -0.137. The first kappa shape index (κ1) is 23.1. The Morgan fingerprint density at radius 2 is 2.00 bits per heavy atom. The first-order valence-corrected chi connectivity index (χ1v) is 12.0. The summed E-state index contributed by atoms with van der Waals surface area (Å²) in [5, 5.41) is 13.7. The predicted octanol–water partition coefficient (Wildman–Crippen LogP) is 6.21. The molecule has 1 unspecified atom stereocenters. The van der Waals surface area contributed by atoms with E-state index >= 15 is 0 Å². The number of aryl methyl sites for hydroxylation is 2. The van der Waals surface area contributed by atoms with Crippen LogP contribution in [-0.2, 0) is 24.3 Å². The Balaban J connectivity index is 1.27. The molecule has 2 aromatic heterocycles. The van der Waals surface area contributed by atoms with Gasteiger partial charge in [0.2, 0.25) is 0 Å². The van der Waals surface area contributed by atoms with Crippen LogP contribution >= 0.6 is 0 Å². The third kappa shape index (κ3) is 6.28. The molecule has 3 heterocycles. The van der Waals surface area contributed by atoms with E-state index in [1.54, 1.807) is 18.3 Å². The highest BCUT2D eigenvalue weighted by molar-refractivity contribution is 5.80. The number of anilines is 1.